The van der Waals surface area contributed by atoms with Gasteiger partial charge in [0.05, 0.1) is 0 Å². The molecule has 6 heteroatoms. The first-order chi connectivity index (χ1) is 8.81. The molecule has 5 nitrogen and oxygen atoms in total. The van der Waals surface area contributed by atoms with E-state index in [9.17, 15) is 0 Å². The quantitative estimate of drug-likeness (QED) is 0.917. The maximum Gasteiger partial charge on any atom is 0.218 e. The van der Waals surface area contributed by atoms with Crippen LogP contribution in [0.5, 0.6) is 11.6 Å². The zero-order chi connectivity index (χ0) is 12.4. The van der Waals surface area contributed by atoms with Gasteiger partial charge < -0.3 is 20.8 Å². The van der Waals surface area contributed by atoms with E-state index in [2.05, 4.69) is 15.3 Å². The van der Waals surface area contributed by atoms with Gasteiger partial charge >= 0.3 is 0 Å². The number of hydrogen-bond acceptors (Lipinski definition) is 4. The zero-order valence-electron chi connectivity index (χ0n) is 10.4. The third-order valence-electron chi connectivity index (χ3n) is 2.88. The van der Waals surface area contributed by atoms with Crippen molar-refractivity contribution in [3.63, 3.8) is 0 Å². The number of nitrogens with one attached hydrogen (secondary N) is 2. The van der Waals surface area contributed by atoms with Crippen LogP contribution in [0.25, 0.3) is 5.73 Å². The first-order valence-electron chi connectivity index (χ1n) is 5.89. The summed E-state index contributed by atoms with van der Waals surface area (Å²) in [5.74, 6) is 1.30. The van der Waals surface area contributed by atoms with E-state index in [0.29, 0.717) is 5.88 Å². The minimum absolute atomic E-state index is 0. The van der Waals surface area contributed by atoms with Gasteiger partial charge in [-0.1, -0.05) is 5.82 Å². The van der Waals surface area contributed by atoms with Gasteiger partial charge in [-0.15, -0.1) is 0 Å². The van der Waals surface area contributed by atoms with E-state index in [1.54, 1.807) is 0 Å². The van der Waals surface area contributed by atoms with Crippen LogP contribution in [0.2, 0.25) is 0 Å². The van der Waals surface area contributed by atoms with Gasteiger partial charge in [-0.05, 0) is 42.7 Å². The van der Waals surface area contributed by atoms with Gasteiger partial charge in [-0.3, -0.25) is 0 Å². The van der Waals surface area contributed by atoms with Crippen LogP contribution in [-0.2, 0) is 39.1 Å². The molecule has 1 aliphatic rings. The molecular weight excluding hydrogens is 317 g/mol. The minimum Gasteiger partial charge on any atom is -0.482 e. The van der Waals surface area contributed by atoms with E-state index in [0.717, 1.165) is 25.1 Å². The smallest absolute Gasteiger partial charge is 0.218 e. The number of nitrogens with zero attached hydrogens (tertiary/aromatic N) is 2. The second-order valence-electron chi connectivity index (χ2n) is 4.19. The largest absolute Gasteiger partial charge is 0.482 e. The van der Waals surface area contributed by atoms with Gasteiger partial charge in [0, 0.05) is 51.3 Å². The molecule has 95 valence electrons. The molecule has 1 aliphatic heterocycles. The molecule has 0 fully saturated rings. The van der Waals surface area contributed by atoms with Crippen LogP contribution < -0.4 is 10.1 Å². The summed E-state index contributed by atoms with van der Waals surface area (Å²) >= 11 is 0. The second-order valence-corrected chi connectivity index (χ2v) is 4.19. The van der Waals surface area contributed by atoms with Crippen molar-refractivity contribution in [2.45, 2.75) is 12.8 Å². The Hall–Kier alpha value is -1.20. The van der Waals surface area contributed by atoms with Gasteiger partial charge in [0.15, 0.2) is 0 Å². The van der Waals surface area contributed by atoms with E-state index >= 15 is 0 Å². The molecule has 0 aliphatic carbocycles. The van der Waals surface area contributed by atoms with Crippen molar-refractivity contribution in [3.05, 3.63) is 41.9 Å². The zero-order valence-corrected chi connectivity index (χ0v) is 13.2. The van der Waals surface area contributed by atoms with Crippen LogP contribution in [0.15, 0.2) is 30.6 Å². The first-order valence-corrected chi connectivity index (χ1v) is 5.89. The van der Waals surface area contributed by atoms with Crippen LogP contribution in [-0.4, -0.2) is 16.5 Å². The summed E-state index contributed by atoms with van der Waals surface area (Å²) in [6, 6.07) is 7.44. The summed E-state index contributed by atoms with van der Waals surface area (Å²) in [6.45, 7) is 1.03. The summed E-state index contributed by atoms with van der Waals surface area (Å²) in [5, 5.41) is 3.35. The van der Waals surface area contributed by atoms with Gasteiger partial charge in [-0.25, -0.2) is 4.98 Å². The molecule has 2 heterocycles. The number of benzene rings is 1. The Labute approximate surface area is 136 Å². The van der Waals surface area contributed by atoms with Crippen molar-refractivity contribution in [3.8, 4) is 11.6 Å². The first kappa shape index (κ1) is 14.2. The van der Waals surface area contributed by atoms with Crippen molar-refractivity contribution in [2.24, 2.45) is 0 Å². The third kappa shape index (κ3) is 3.42. The summed E-state index contributed by atoms with van der Waals surface area (Å²) in [4.78, 5) is 7.70. The van der Waals surface area contributed by atoms with Crippen molar-refractivity contribution in [1.82, 2.24) is 9.97 Å². The molecule has 0 saturated heterocycles. The van der Waals surface area contributed by atoms with Crippen LogP contribution in [0.1, 0.15) is 12.0 Å². The molecule has 1 aromatic carbocycles. The number of aromatic nitrogens is 2. The summed E-state index contributed by atoms with van der Waals surface area (Å²) in [7, 11) is 0. The molecule has 0 atom stereocenters. The number of aryl methyl sites for hydroxylation is 1. The Balaban J connectivity index is 0.00000133. The molecule has 0 amide bonds. The molecular formula is C13H13N4OY-. The maximum absolute atomic E-state index is 7.41. The Morgan fingerprint density at radius 1 is 1.21 bits per heavy atom. The molecule has 2 aromatic rings. The van der Waals surface area contributed by atoms with Gasteiger partial charge in [-0.2, -0.15) is 0 Å². The molecule has 0 saturated carbocycles. The average molecular weight is 330 g/mol. The van der Waals surface area contributed by atoms with E-state index in [1.165, 1.54) is 23.6 Å². The normalized spacial score (nSPS) is 12.8. The Morgan fingerprint density at radius 2 is 2.11 bits per heavy atom. The second kappa shape index (κ2) is 6.30. The summed E-state index contributed by atoms with van der Waals surface area (Å²) in [6.07, 6.45) is 3.53. The molecule has 0 spiro atoms. The SMILES string of the molecule is [NH-]c1cc(Oc2ccc3c(c2)CCCN3)ncn1.[Y]. The van der Waals surface area contributed by atoms with Crippen LogP contribution in [0, 0.1) is 0 Å². The molecule has 1 radical (unpaired) electrons. The monoisotopic (exact) mass is 330 g/mol. The maximum atomic E-state index is 7.41. The molecule has 2 N–H and O–H groups in total. The fraction of sp³-hybridized carbons (Fsp3) is 0.231. The summed E-state index contributed by atoms with van der Waals surface area (Å²) < 4.78 is 5.63. The van der Waals surface area contributed by atoms with Crippen LogP contribution in [0.4, 0.5) is 11.5 Å². The fourth-order valence-electron chi connectivity index (χ4n) is 2.03. The Bertz CT molecular complexity index is 576. The average Bonchev–Trinajstić information content (AvgIpc) is 2.39. The Morgan fingerprint density at radius 3 is 2.95 bits per heavy atom. The van der Waals surface area contributed by atoms with Crippen molar-refractivity contribution in [2.75, 3.05) is 11.9 Å². The summed E-state index contributed by atoms with van der Waals surface area (Å²) in [5.41, 5.74) is 9.85. The topological polar surface area (TPSA) is 70.8 Å². The molecule has 0 unspecified atom stereocenters. The third-order valence-corrected chi connectivity index (χ3v) is 2.88. The molecule has 1 aromatic heterocycles. The Kier molecular flexibility index (Phi) is 4.72. The van der Waals surface area contributed by atoms with E-state index < -0.39 is 0 Å². The number of fused-ring (bicyclic) bond motifs is 1. The number of rotatable bonds is 2. The number of hydrogen-bond donors (Lipinski definition) is 1. The van der Waals surface area contributed by atoms with Gasteiger partial charge in [0.25, 0.3) is 0 Å². The van der Waals surface area contributed by atoms with Crippen molar-refractivity contribution in [1.29, 1.82) is 0 Å². The van der Waals surface area contributed by atoms with E-state index in [4.69, 9.17) is 10.5 Å². The van der Waals surface area contributed by atoms with Crippen molar-refractivity contribution < 1.29 is 37.4 Å². The van der Waals surface area contributed by atoms with Crippen molar-refractivity contribution >= 4 is 11.5 Å². The fourth-order valence-corrected chi connectivity index (χ4v) is 2.03. The molecule has 0 bridgehead atoms. The number of ether oxygens (including phenoxy) is 1. The number of anilines is 1. The minimum atomic E-state index is 0. The van der Waals surface area contributed by atoms with E-state index in [1.807, 2.05) is 18.2 Å². The predicted molar refractivity (Wildman–Crippen MR) is 69.3 cm³/mol. The van der Waals surface area contributed by atoms with Gasteiger partial charge in [0.1, 0.15) is 5.75 Å². The predicted octanol–water partition coefficient (Wildman–Crippen LogP) is 3.31. The standard InChI is InChI=1S/C13H13N4O.Y/c14-12-7-13(17-8-16-12)18-10-3-4-11-9(6-10)2-1-5-15-11;/h3-4,6-8,15H,1-2,5H2,(H-,14,16,17);/q-1;. The van der Waals surface area contributed by atoms with E-state index in [-0.39, 0.29) is 38.5 Å². The molecule has 3 rings (SSSR count). The van der Waals surface area contributed by atoms with Gasteiger partial charge in [0.2, 0.25) is 5.88 Å². The van der Waals surface area contributed by atoms with Crippen LogP contribution in [0.3, 0.4) is 0 Å². The molecule has 19 heavy (non-hydrogen) atoms. The van der Waals surface area contributed by atoms with Crippen LogP contribution >= 0.6 is 0 Å².